The van der Waals surface area contributed by atoms with Crippen molar-refractivity contribution in [3.05, 3.63) is 44.3 Å². The van der Waals surface area contributed by atoms with Crippen LogP contribution in [0.1, 0.15) is 28.3 Å². The van der Waals surface area contributed by atoms with Gasteiger partial charge in [0, 0.05) is 5.02 Å². The van der Waals surface area contributed by atoms with E-state index in [1.807, 2.05) is 19.1 Å². The number of benzene rings is 1. The number of hydrogen-bond acceptors (Lipinski definition) is 4. The van der Waals surface area contributed by atoms with E-state index in [2.05, 4.69) is 15.5 Å². The molecule has 0 fully saturated rings. The molecule has 94 valence electrons. The average molecular weight is 302 g/mol. The Morgan fingerprint density at radius 2 is 2.17 bits per heavy atom. The summed E-state index contributed by atoms with van der Waals surface area (Å²) in [6.45, 7) is 1.87. The number of nitrogens with one attached hydrogen (secondary N) is 1. The molecule has 0 bridgehead atoms. The molecule has 0 saturated carbocycles. The molecule has 1 unspecified atom stereocenters. The van der Waals surface area contributed by atoms with Gasteiger partial charge in [0.2, 0.25) is 9.47 Å². The van der Waals surface area contributed by atoms with Gasteiger partial charge in [-0.15, -0.1) is 10.2 Å². The van der Waals surface area contributed by atoms with E-state index in [9.17, 15) is 4.79 Å². The summed E-state index contributed by atoms with van der Waals surface area (Å²) in [4.78, 5) is 11.8. The van der Waals surface area contributed by atoms with Gasteiger partial charge in [0.25, 0.3) is 5.91 Å². The number of carbonyl (C=O) groups excluding carboxylic acids is 1. The minimum absolute atomic E-state index is 0.168. The summed E-state index contributed by atoms with van der Waals surface area (Å²) >= 11 is 12.6. The summed E-state index contributed by atoms with van der Waals surface area (Å²) < 4.78 is 0.246. The van der Waals surface area contributed by atoms with Crippen LogP contribution >= 0.6 is 34.5 Å². The highest BCUT2D eigenvalue weighted by molar-refractivity contribution is 7.17. The quantitative estimate of drug-likeness (QED) is 0.946. The Bertz CT molecular complexity index is 573. The molecule has 4 nitrogen and oxygen atoms in total. The van der Waals surface area contributed by atoms with Crippen molar-refractivity contribution in [3.63, 3.8) is 0 Å². The smallest absolute Gasteiger partial charge is 0.282 e. The second kappa shape index (κ2) is 5.65. The molecule has 0 aliphatic rings. The first-order valence-corrected chi connectivity index (χ1v) is 6.69. The molecule has 7 heteroatoms. The van der Waals surface area contributed by atoms with Gasteiger partial charge in [0.15, 0.2) is 0 Å². The molecule has 1 aromatic carbocycles. The first-order valence-electron chi connectivity index (χ1n) is 5.11. The molecule has 0 aliphatic carbocycles. The Balaban J connectivity index is 2.07. The minimum atomic E-state index is -0.299. The Morgan fingerprint density at radius 1 is 1.39 bits per heavy atom. The molecule has 0 saturated heterocycles. The van der Waals surface area contributed by atoms with Crippen molar-refractivity contribution in [1.82, 2.24) is 15.5 Å². The molecule has 1 atom stereocenters. The van der Waals surface area contributed by atoms with Gasteiger partial charge in [0.05, 0.1) is 6.04 Å². The zero-order valence-corrected chi connectivity index (χ0v) is 11.7. The molecule has 2 rings (SSSR count). The topological polar surface area (TPSA) is 54.9 Å². The van der Waals surface area contributed by atoms with Gasteiger partial charge < -0.3 is 5.32 Å². The van der Waals surface area contributed by atoms with Gasteiger partial charge in [-0.2, -0.15) is 0 Å². The lowest BCUT2D eigenvalue weighted by Gasteiger charge is -2.13. The first-order chi connectivity index (χ1) is 8.56. The lowest BCUT2D eigenvalue weighted by Crippen LogP contribution is -2.26. The summed E-state index contributed by atoms with van der Waals surface area (Å²) in [6, 6.07) is 7.15. The van der Waals surface area contributed by atoms with Crippen molar-refractivity contribution < 1.29 is 4.79 Å². The largest absolute Gasteiger partial charge is 0.343 e. The van der Waals surface area contributed by atoms with Gasteiger partial charge >= 0.3 is 0 Å². The molecule has 0 spiro atoms. The highest BCUT2D eigenvalue weighted by Gasteiger charge is 2.15. The molecular weight excluding hydrogens is 293 g/mol. The highest BCUT2D eigenvalue weighted by atomic mass is 35.5. The zero-order chi connectivity index (χ0) is 13.1. The third-order valence-corrected chi connectivity index (χ3v) is 3.54. The van der Waals surface area contributed by atoms with Crippen LogP contribution in [0.4, 0.5) is 0 Å². The third-order valence-electron chi connectivity index (χ3n) is 2.29. The summed E-state index contributed by atoms with van der Waals surface area (Å²) in [7, 11) is 0. The molecule has 18 heavy (non-hydrogen) atoms. The van der Waals surface area contributed by atoms with E-state index in [1.165, 1.54) is 0 Å². The monoisotopic (exact) mass is 301 g/mol. The fourth-order valence-corrected chi connectivity index (χ4v) is 2.34. The van der Waals surface area contributed by atoms with Crippen LogP contribution in [0.3, 0.4) is 0 Å². The van der Waals surface area contributed by atoms with Gasteiger partial charge in [0.1, 0.15) is 0 Å². The van der Waals surface area contributed by atoms with Crippen molar-refractivity contribution in [3.8, 4) is 0 Å². The zero-order valence-electron chi connectivity index (χ0n) is 9.35. The standard InChI is InChI=1S/C11H9Cl2N3OS/c1-6(7-3-2-4-8(12)5-7)14-9(17)10-15-16-11(13)18-10/h2-6H,1H3,(H,14,17). The molecule has 1 N–H and O–H groups in total. The van der Waals surface area contributed by atoms with E-state index in [0.29, 0.717) is 5.02 Å². The molecule has 0 aliphatic heterocycles. The van der Waals surface area contributed by atoms with Crippen LogP contribution in [0, 0.1) is 0 Å². The van der Waals surface area contributed by atoms with E-state index in [0.717, 1.165) is 16.9 Å². The molecule has 1 aromatic heterocycles. The first kappa shape index (κ1) is 13.3. The van der Waals surface area contributed by atoms with Crippen LogP contribution in [-0.2, 0) is 0 Å². The lowest BCUT2D eigenvalue weighted by atomic mass is 10.1. The predicted octanol–water partition coefficient (Wildman–Crippen LogP) is 3.34. The number of amides is 1. The number of aromatic nitrogens is 2. The number of carbonyl (C=O) groups is 1. The van der Waals surface area contributed by atoms with Gasteiger partial charge in [-0.3, -0.25) is 4.79 Å². The van der Waals surface area contributed by atoms with Crippen molar-refractivity contribution in [1.29, 1.82) is 0 Å². The second-order valence-corrected chi connectivity index (χ2v) is 5.61. The fourth-order valence-electron chi connectivity index (χ4n) is 1.41. The Morgan fingerprint density at radius 3 is 2.78 bits per heavy atom. The van der Waals surface area contributed by atoms with E-state index < -0.39 is 0 Å². The molecule has 2 aromatic rings. The second-order valence-electron chi connectivity index (χ2n) is 3.61. The predicted molar refractivity (Wildman–Crippen MR) is 72.3 cm³/mol. The average Bonchev–Trinajstić information content (AvgIpc) is 2.76. The SMILES string of the molecule is CC(NC(=O)c1nnc(Cl)s1)c1cccc(Cl)c1. The van der Waals surface area contributed by atoms with Crippen LogP contribution in [0.2, 0.25) is 9.49 Å². The van der Waals surface area contributed by atoms with Crippen molar-refractivity contribution in [2.45, 2.75) is 13.0 Å². The number of hydrogen-bond donors (Lipinski definition) is 1. The fraction of sp³-hybridized carbons (Fsp3) is 0.182. The van der Waals surface area contributed by atoms with Crippen molar-refractivity contribution in [2.24, 2.45) is 0 Å². The molecular formula is C11H9Cl2N3OS. The normalized spacial score (nSPS) is 12.2. The maximum atomic E-state index is 11.8. The van der Waals surface area contributed by atoms with Gasteiger partial charge in [-0.05, 0) is 36.2 Å². The van der Waals surface area contributed by atoms with Crippen molar-refractivity contribution >= 4 is 40.4 Å². The molecule has 0 radical (unpaired) electrons. The maximum Gasteiger partial charge on any atom is 0.282 e. The van der Waals surface area contributed by atoms with E-state index in [4.69, 9.17) is 23.2 Å². The minimum Gasteiger partial charge on any atom is -0.343 e. The lowest BCUT2D eigenvalue weighted by molar-refractivity contribution is 0.0939. The summed E-state index contributed by atoms with van der Waals surface area (Å²) in [5.74, 6) is -0.299. The van der Waals surface area contributed by atoms with E-state index >= 15 is 0 Å². The summed E-state index contributed by atoms with van der Waals surface area (Å²) in [5.41, 5.74) is 0.923. The van der Waals surface area contributed by atoms with E-state index in [1.54, 1.807) is 12.1 Å². The van der Waals surface area contributed by atoms with Crippen LogP contribution in [-0.4, -0.2) is 16.1 Å². The van der Waals surface area contributed by atoms with Crippen LogP contribution < -0.4 is 5.32 Å². The summed E-state index contributed by atoms with van der Waals surface area (Å²) in [6.07, 6.45) is 0. The van der Waals surface area contributed by atoms with Crippen LogP contribution in [0.15, 0.2) is 24.3 Å². The third kappa shape index (κ3) is 3.19. The van der Waals surface area contributed by atoms with Gasteiger partial charge in [-0.1, -0.05) is 35.1 Å². The van der Waals surface area contributed by atoms with Crippen molar-refractivity contribution in [2.75, 3.05) is 0 Å². The Kier molecular flexibility index (Phi) is 4.16. The van der Waals surface area contributed by atoms with Gasteiger partial charge in [-0.25, -0.2) is 0 Å². The Labute approximate surface area is 118 Å². The highest BCUT2D eigenvalue weighted by Crippen LogP contribution is 2.19. The molecule has 1 heterocycles. The summed E-state index contributed by atoms with van der Waals surface area (Å²) in [5, 5.41) is 10.9. The number of nitrogens with zero attached hydrogens (tertiary/aromatic N) is 2. The molecule has 1 amide bonds. The number of rotatable bonds is 3. The maximum absolute atomic E-state index is 11.8. The van der Waals surface area contributed by atoms with E-state index in [-0.39, 0.29) is 21.4 Å². The van der Waals surface area contributed by atoms with Crippen LogP contribution in [0.25, 0.3) is 0 Å². The van der Waals surface area contributed by atoms with Crippen LogP contribution in [0.5, 0.6) is 0 Å². The Hall–Kier alpha value is -1.17. The number of halogens is 2.